The van der Waals surface area contributed by atoms with Gasteiger partial charge in [0.25, 0.3) is 0 Å². The maximum absolute atomic E-state index is 4.98. The minimum atomic E-state index is 0.662. The normalized spacial score (nSPS) is 10.6. The standard InChI is InChI=1S/C14H18N4O/c1-11-3-5-16-13(9-11)14-17-6-4-12(18-14)10-15-7-8-19-2/h3-6,9,15H,7-8,10H2,1-2H3. The Labute approximate surface area is 113 Å². The average Bonchev–Trinajstić information content (AvgIpc) is 2.44. The molecule has 0 aliphatic heterocycles. The zero-order valence-corrected chi connectivity index (χ0v) is 11.3. The fourth-order valence-electron chi connectivity index (χ4n) is 1.67. The molecule has 2 aromatic rings. The highest BCUT2D eigenvalue weighted by atomic mass is 16.5. The van der Waals surface area contributed by atoms with Crippen molar-refractivity contribution in [2.24, 2.45) is 0 Å². The van der Waals surface area contributed by atoms with Crippen LogP contribution in [-0.4, -0.2) is 35.2 Å². The molecule has 0 radical (unpaired) electrons. The van der Waals surface area contributed by atoms with E-state index in [2.05, 4.69) is 20.3 Å². The molecule has 0 fully saturated rings. The second-order valence-corrected chi connectivity index (χ2v) is 4.26. The zero-order chi connectivity index (χ0) is 13.5. The van der Waals surface area contributed by atoms with Gasteiger partial charge in [-0.1, -0.05) is 0 Å². The van der Waals surface area contributed by atoms with Gasteiger partial charge in [0.2, 0.25) is 0 Å². The fraction of sp³-hybridized carbons (Fsp3) is 0.357. The first-order chi connectivity index (χ1) is 9.29. The van der Waals surface area contributed by atoms with Crippen molar-refractivity contribution in [3.8, 4) is 11.5 Å². The Morgan fingerprint density at radius 2 is 2.05 bits per heavy atom. The predicted octanol–water partition coefficient (Wildman–Crippen LogP) is 1.58. The predicted molar refractivity (Wildman–Crippen MR) is 73.6 cm³/mol. The lowest BCUT2D eigenvalue weighted by molar-refractivity contribution is 0.199. The summed E-state index contributed by atoms with van der Waals surface area (Å²) in [5.41, 5.74) is 2.90. The second-order valence-electron chi connectivity index (χ2n) is 4.26. The smallest absolute Gasteiger partial charge is 0.178 e. The molecule has 0 saturated carbocycles. The van der Waals surface area contributed by atoms with Crippen LogP contribution in [-0.2, 0) is 11.3 Å². The Balaban J connectivity index is 2.06. The maximum atomic E-state index is 4.98. The van der Waals surface area contributed by atoms with Crippen LogP contribution in [0.5, 0.6) is 0 Å². The van der Waals surface area contributed by atoms with Gasteiger partial charge in [-0.15, -0.1) is 0 Å². The highest BCUT2D eigenvalue weighted by molar-refractivity contribution is 5.49. The number of aryl methyl sites for hydroxylation is 1. The molecule has 0 atom stereocenters. The molecule has 2 heterocycles. The minimum absolute atomic E-state index is 0.662. The number of hydrogen-bond acceptors (Lipinski definition) is 5. The molecule has 19 heavy (non-hydrogen) atoms. The molecule has 100 valence electrons. The van der Waals surface area contributed by atoms with Crippen molar-refractivity contribution in [1.82, 2.24) is 20.3 Å². The summed E-state index contributed by atoms with van der Waals surface area (Å²) in [7, 11) is 1.69. The lowest BCUT2D eigenvalue weighted by Gasteiger charge is -2.05. The van der Waals surface area contributed by atoms with E-state index in [0.29, 0.717) is 19.0 Å². The molecular weight excluding hydrogens is 240 g/mol. The number of nitrogens with one attached hydrogen (secondary N) is 1. The van der Waals surface area contributed by atoms with E-state index in [-0.39, 0.29) is 0 Å². The topological polar surface area (TPSA) is 59.9 Å². The Hall–Kier alpha value is -1.85. The van der Waals surface area contributed by atoms with Crippen LogP contribution in [0.3, 0.4) is 0 Å². The summed E-state index contributed by atoms with van der Waals surface area (Å²) in [6.45, 7) is 4.22. The summed E-state index contributed by atoms with van der Waals surface area (Å²) in [4.78, 5) is 13.1. The van der Waals surface area contributed by atoms with Gasteiger partial charge in [0, 0.05) is 32.6 Å². The highest BCUT2D eigenvalue weighted by Gasteiger charge is 2.04. The molecule has 0 aliphatic rings. The lowest BCUT2D eigenvalue weighted by Crippen LogP contribution is -2.19. The first-order valence-electron chi connectivity index (χ1n) is 6.24. The molecule has 0 amide bonds. The van der Waals surface area contributed by atoms with Gasteiger partial charge in [-0.25, -0.2) is 9.97 Å². The van der Waals surface area contributed by atoms with Gasteiger partial charge in [0.05, 0.1) is 12.3 Å². The Morgan fingerprint density at radius 1 is 1.21 bits per heavy atom. The van der Waals surface area contributed by atoms with Gasteiger partial charge < -0.3 is 10.1 Å². The Kier molecular flexibility index (Phi) is 4.94. The van der Waals surface area contributed by atoms with Gasteiger partial charge in [-0.2, -0.15) is 0 Å². The fourth-order valence-corrected chi connectivity index (χ4v) is 1.67. The summed E-state index contributed by atoms with van der Waals surface area (Å²) in [5, 5.41) is 3.26. The molecule has 0 spiro atoms. The zero-order valence-electron chi connectivity index (χ0n) is 11.3. The van der Waals surface area contributed by atoms with E-state index in [1.807, 2.05) is 25.1 Å². The third-order valence-electron chi connectivity index (χ3n) is 2.65. The summed E-state index contributed by atoms with van der Waals surface area (Å²) in [6, 6.07) is 5.84. The van der Waals surface area contributed by atoms with E-state index in [9.17, 15) is 0 Å². The van der Waals surface area contributed by atoms with E-state index in [4.69, 9.17) is 4.74 Å². The molecule has 5 nitrogen and oxygen atoms in total. The van der Waals surface area contributed by atoms with Crippen molar-refractivity contribution in [3.05, 3.63) is 41.9 Å². The lowest BCUT2D eigenvalue weighted by atomic mass is 10.2. The molecule has 0 unspecified atom stereocenters. The molecule has 0 bridgehead atoms. The van der Waals surface area contributed by atoms with Gasteiger partial charge >= 0.3 is 0 Å². The van der Waals surface area contributed by atoms with Crippen LogP contribution in [0.4, 0.5) is 0 Å². The summed E-state index contributed by atoms with van der Waals surface area (Å²) in [6.07, 6.45) is 3.54. The number of ether oxygens (including phenoxy) is 1. The van der Waals surface area contributed by atoms with Gasteiger partial charge in [0.15, 0.2) is 5.82 Å². The molecule has 2 aromatic heterocycles. The number of pyridine rings is 1. The van der Waals surface area contributed by atoms with Crippen LogP contribution in [0, 0.1) is 6.92 Å². The third-order valence-corrected chi connectivity index (χ3v) is 2.65. The van der Waals surface area contributed by atoms with Crippen LogP contribution in [0.2, 0.25) is 0 Å². The maximum Gasteiger partial charge on any atom is 0.178 e. The Morgan fingerprint density at radius 3 is 2.84 bits per heavy atom. The van der Waals surface area contributed by atoms with Crippen LogP contribution in [0.1, 0.15) is 11.3 Å². The van der Waals surface area contributed by atoms with Crippen LogP contribution in [0.15, 0.2) is 30.6 Å². The van der Waals surface area contributed by atoms with Crippen LogP contribution in [0.25, 0.3) is 11.5 Å². The van der Waals surface area contributed by atoms with Crippen molar-refractivity contribution < 1.29 is 4.74 Å². The Bertz CT molecular complexity index is 530. The monoisotopic (exact) mass is 258 g/mol. The van der Waals surface area contributed by atoms with E-state index in [1.54, 1.807) is 19.5 Å². The summed E-state index contributed by atoms with van der Waals surface area (Å²) in [5.74, 6) is 0.662. The molecular formula is C14H18N4O. The number of rotatable bonds is 6. The molecule has 0 saturated heterocycles. The molecule has 0 aromatic carbocycles. The van der Waals surface area contributed by atoms with Gasteiger partial charge in [-0.3, -0.25) is 4.98 Å². The number of aromatic nitrogens is 3. The molecule has 1 N–H and O–H groups in total. The van der Waals surface area contributed by atoms with E-state index in [0.717, 1.165) is 23.5 Å². The summed E-state index contributed by atoms with van der Waals surface area (Å²) >= 11 is 0. The first-order valence-corrected chi connectivity index (χ1v) is 6.24. The van der Waals surface area contributed by atoms with E-state index < -0.39 is 0 Å². The average molecular weight is 258 g/mol. The van der Waals surface area contributed by atoms with Crippen molar-refractivity contribution in [2.45, 2.75) is 13.5 Å². The van der Waals surface area contributed by atoms with Crippen molar-refractivity contribution >= 4 is 0 Å². The summed E-state index contributed by atoms with van der Waals surface area (Å²) < 4.78 is 4.98. The van der Waals surface area contributed by atoms with Crippen LogP contribution < -0.4 is 5.32 Å². The first kappa shape index (κ1) is 13.6. The minimum Gasteiger partial charge on any atom is -0.383 e. The van der Waals surface area contributed by atoms with Crippen molar-refractivity contribution in [3.63, 3.8) is 0 Å². The van der Waals surface area contributed by atoms with Crippen molar-refractivity contribution in [1.29, 1.82) is 0 Å². The number of methoxy groups -OCH3 is 1. The SMILES string of the molecule is COCCNCc1ccnc(-c2cc(C)ccn2)n1. The number of hydrogen-bond donors (Lipinski definition) is 1. The number of nitrogens with zero attached hydrogens (tertiary/aromatic N) is 3. The molecule has 5 heteroatoms. The third kappa shape index (κ3) is 4.08. The van der Waals surface area contributed by atoms with Crippen LogP contribution >= 0.6 is 0 Å². The van der Waals surface area contributed by atoms with Gasteiger partial charge in [0.1, 0.15) is 5.69 Å². The van der Waals surface area contributed by atoms with E-state index in [1.165, 1.54) is 0 Å². The van der Waals surface area contributed by atoms with Gasteiger partial charge in [-0.05, 0) is 30.7 Å². The quantitative estimate of drug-likeness (QED) is 0.797. The van der Waals surface area contributed by atoms with E-state index >= 15 is 0 Å². The second kappa shape index (κ2) is 6.92. The largest absolute Gasteiger partial charge is 0.383 e. The molecule has 0 aliphatic carbocycles. The van der Waals surface area contributed by atoms with Crippen molar-refractivity contribution in [2.75, 3.05) is 20.3 Å². The highest BCUT2D eigenvalue weighted by Crippen LogP contribution is 2.12. The molecule has 2 rings (SSSR count).